The van der Waals surface area contributed by atoms with Gasteiger partial charge < -0.3 is 5.73 Å². The minimum Gasteiger partial charge on any atom is -0.399 e. The van der Waals surface area contributed by atoms with Crippen molar-refractivity contribution in [1.29, 1.82) is 0 Å². The molecule has 16 heavy (non-hydrogen) atoms. The van der Waals surface area contributed by atoms with Crippen molar-refractivity contribution >= 4 is 13.9 Å². The van der Waals surface area contributed by atoms with Crippen molar-refractivity contribution in [2.75, 3.05) is 5.73 Å². The lowest BCUT2D eigenvalue weighted by Gasteiger charge is -1.94. The van der Waals surface area contributed by atoms with E-state index in [9.17, 15) is 4.57 Å². The molecule has 5 heteroatoms. The lowest BCUT2D eigenvalue weighted by molar-refractivity contribution is 0.272. The number of unbranched alkanes of at least 4 members (excludes halogenated alkanes) is 1. The minimum atomic E-state index is -2.51. The van der Waals surface area contributed by atoms with Crippen molar-refractivity contribution in [3.8, 4) is 0 Å². The number of nitrogen functional groups attached to an aromatic ring is 1. The van der Waals surface area contributed by atoms with E-state index >= 15 is 0 Å². The quantitative estimate of drug-likeness (QED) is 0.630. The molecule has 0 heterocycles. The van der Waals surface area contributed by atoms with Gasteiger partial charge in [-0.1, -0.05) is 38.8 Å². The van der Waals surface area contributed by atoms with Crippen molar-refractivity contribution < 1.29 is 14.0 Å². The summed E-state index contributed by atoms with van der Waals surface area (Å²) in [5, 5.41) is 0. The second kappa shape index (κ2) is 9.28. The largest absolute Gasteiger partial charge is 0.695 e. The molecule has 1 aromatic carbocycles. The smallest absolute Gasteiger partial charge is 0.399 e. The van der Waals surface area contributed by atoms with Gasteiger partial charge >= 0.3 is 8.25 Å². The van der Waals surface area contributed by atoms with Crippen LogP contribution in [0.2, 0.25) is 0 Å². The van der Waals surface area contributed by atoms with Crippen LogP contribution in [0.3, 0.4) is 0 Å². The highest BCUT2D eigenvalue weighted by Gasteiger charge is 2.11. The van der Waals surface area contributed by atoms with Crippen LogP contribution in [-0.2, 0) is 15.7 Å². The molecule has 0 spiro atoms. The highest BCUT2D eigenvalue weighted by atomic mass is 31.1. The minimum absolute atomic E-state index is 0.131. The van der Waals surface area contributed by atoms with E-state index in [1.165, 1.54) is 12.8 Å². The third-order valence-corrected chi connectivity index (χ3v) is 2.17. The molecule has 0 amide bonds. The predicted octanol–water partition coefficient (Wildman–Crippen LogP) is 3.24. The maximum Gasteiger partial charge on any atom is 0.695 e. The first kappa shape index (κ1) is 15.0. The molecule has 0 fully saturated rings. The first-order valence-corrected chi connectivity index (χ1v) is 6.36. The van der Waals surface area contributed by atoms with Gasteiger partial charge in [0.1, 0.15) is 6.61 Å². The third-order valence-electron chi connectivity index (χ3n) is 1.82. The zero-order valence-electron chi connectivity index (χ0n) is 9.72. The normalized spacial score (nSPS) is 10.3. The summed E-state index contributed by atoms with van der Waals surface area (Å²) in [5.74, 6) is 0. The predicted molar refractivity (Wildman–Crippen MR) is 66.1 cm³/mol. The van der Waals surface area contributed by atoms with Crippen molar-refractivity contribution in [3.05, 3.63) is 29.8 Å². The summed E-state index contributed by atoms with van der Waals surface area (Å²) in [7, 11) is -2.51. The number of hydrogen-bond acceptors (Lipinski definition) is 3. The molecule has 1 unspecified atom stereocenters. The first-order valence-electron chi connectivity index (χ1n) is 5.23. The number of hydrogen-bond donors (Lipinski definition) is 2. The van der Waals surface area contributed by atoms with Gasteiger partial charge in [0.05, 0.1) is 0 Å². The van der Waals surface area contributed by atoms with Crippen LogP contribution in [-0.4, -0.2) is 4.89 Å². The molecular weight excluding hydrogens is 225 g/mol. The first-order chi connectivity index (χ1) is 7.60. The van der Waals surface area contributed by atoms with Crippen LogP contribution in [0.25, 0.3) is 0 Å². The average molecular weight is 244 g/mol. The van der Waals surface area contributed by atoms with Gasteiger partial charge in [0, 0.05) is 10.3 Å². The van der Waals surface area contributed by atoms with Gasteiger partial charge in [0.25, 0.3) is 0 Å². The van der Waals surface area contributed by atoms with E-state index in [2.05, 4.69) is 18.4 Å². The van der Waals surface area contributed by atoms with Gasteiger partial charge in [-0.3, -0.25) is 0 Å². The van der Waals surface area contributed by atoms with Crippen molar-refractivity contribution in [3.63, 3.8) is 0 Å². The molecule has 3 N–H and O–H groups in total. The Labute approximate surface area is 97.4 Å². The Bertz CT molecular complexity index is 299. The Hall–Kier alpha value is -0.960. The Kier molecular flexibility index (Phi) is 8.72. The lowest BCUT2D eigenvalue weighted by Crippen LogP contribution is -1.87. The second-order valence-corrected chi connectivity index (χ2v) is 3.99. The highest BCUT2D eigenvalue weighted by molar-refractivity contribution is 7.32. The monoisotopic (exact) mass is 244 g/mol. The van der Waals surface area contributed by atoms with E-state index in [1.807, 2.05) is 0 Å². The molecule has 0 aliphatic heterocycles. The van der Waals surface area contributed by atoms with E-state index < -0.39 is 8.25 Å². The molecule has 0 saturated heterocycles. The SMILES string of the molecule is CCCC.Nc1ccc(CO[P+](=O)O)cc1. The van der Waals surface area contributed by atoms with Crippen LogP contribution >= 0.6 is 8.25 Å². The summed E-state index contributed by atoms with van der Waals surface area (Å²) >= 11 is 0. The van der Waals surface area contributed by atoms with E-state index in [4.69, 9.17) is 10.6 Å². The second-order valence-electron chi connectivity index (χ2n) is 3.25. The van der Waals surface area contributed by atoms with E-state index in [-0.39, 0.29) is 6.61 Å². The van der Waals surface area contributed by atoms with E-state index in [0.717, 1.165) is 5.56 Å². The van der Waals surface area contributed by atoms with Crippen molar-refractivity contribution in [2.45, 2.75) is 33.3 Å². The third kappa shape index (κ3) is 8.36. The maximum absolute atomic E-state index is 10.1. The van der Waals surface area contributed by atoms with E-state index in [1.54, 1.807) is 24.3 Å². The van der Waals surface area contributed by atoms with Crippen LogP contribution < -0.4 is 5.73 Å². The van der Waals surface area contributed by atoms with Gasteiger partial charge in [-0.25, -0.2) is 0 Å². The highest BCUT2D eigenvalue weighted by Crippen LogP contribution is 2.18. The molecule has 90 valence electrons. The molecule has 0 aliphatic rings. The lowest BCUT2D eigenvalue weighted by atomic mass is 10.2. The zero-order valence-corrected chi connectivity index (χ0v) is 10.6. The molecule has 4 nitrogen and oxygen atoms in total. The van der Waals surface area contributed by atoms with Crippen LogP contribution in [0.15, 0.2) is 24.3 Å². The molecular formula is C11H19NO3P+. The summed E-state index contributed by atoms with van der Waals surface area (Å²) in [4.78, 5) is 8.33. The van der Waals surface area contributed by atoms with Crippen LogP contribution in [0, 0.1) is 0 Å². The molecule has 1 aromatic rings. The maximum atomic E-state index is 10.1. The molecule has 0 radical (unpaired) electrons. The van der Waals surface area contributed by atoms with Gasteiger partial charge in [-0.05, 0) is 17.7 Å². The molecule has 0 aliphatic carbocycles. The van der Waals surface area contributed by atoms with Crippen LogP contribution in [0.1, 0.15) is 32.3 Å². The fourth-order valence-electron chi connectivity index (χ4n) is 0.744. The molecule has 1 rings (SSSR count). The Morgan fingerprint density at radius 3 is 2.12 bits per heavy atom. The van der Waals surface area contributed by atoms with Crippen LogP contribution in [0.5, 0.6) is 0 Å². The topological polar surface area (TPSA) is 72.5 Å². The number of nitrogens with two attached hydrogens (primary N) is 1. The standard InChI is InChI=1S/C7H8NO3P.C4H10/c8-7-3-1-6(2-4-7)5-11-12(9)10;1-3-4-2/h1-4H,5,8H2;3-4H2,1-2H3/p+1. The summed E-state index contributed by atoms with van der Waals surface area (Å²) < 4.78 is 14.6. The number of benzene rings is 1. The summed E-state index contributed by atoms with van der Waals surface area (Å²) in [6, 6.07) is 6.91. The van der Waals surface area contributed by atoms with Crippen LogP contribution in [0.4, 0.5) is 5.69 Å². The number of rotatable bonds is 4. The fraction of sp³-hybridized carbons (Fsp3) is 0.455. The Morgan fingerprint density at radius 1 is 1.25 bits per heavy atom. The molecule has 0 aromatic heterocycles. The Balaban J connectivity index is 0.000000487. The zero-order chi connectivity index (χ0) is 12.4. The van der Waals surface area contributed by atoms with Gasteiger partial charge in [0.15, 0.2) is 0 Å². The summed E-state index contributed by atoms with van der Waals surface area (Å²) in [5.41, 5.74) is 6.92. The van der Waals surface area contributed by atoms with Gasteiger partial charge in [-0.2, -0.15) is 0 Å². The average Bonchev–Trinajstić information content (AvgIpc) is 2.28. The fourth-order valence-corrected chi connectivity index (χ4v) is 1.00. The van der Waals surface area contributed by atoms with Gasteiger partial charge in [0.2, 0.25) is 0 Å². The number of anilines is 1. The van der Waals surface area contributed by atoms with Crippen molar-refractivity contribution in [1.82, 2.24) is 0 Å². The van der Waals surface area contributed by atoms with Gasteiger partial charge in [-0.15, -0.1) is 9.42 Å². The van der Waals surface area contributed by atoms with E-state index in [0.29, 0.717) is 5.69 Å². The molecule has 0 saturated carbocycles. The summed E-state index contributed by atoms with van der Waals surface area (Å²) in [6.07, 6.45) is 2.64. The van der Waals surface area contributed by atoms with Crippen molar-refractivity contribution in [2.24, 2.45) is 0 Å². The Morgan fingerprint density at radius 2 is 1.75 bits per heavy atom. The molecule has 1 atom stereocenters. The summed E-state index contributed by atoms with van der Waals surface area (Å²) in [6.45, 7) is 4.49. The molecule has 0 bridgehead atoms.